The van der Waals surface area contributed by atoms with Crippen molar-refractivity contribution in [3.05, 3.63) is 41.5 Å². The van der Waals surface area contributed by atoms with Gasteiger partial charge in [-0.1, -0.05) is 6.07 Å². The van der Waals surface area contributed by atoms with E-state index in [1.54, 1.807) is 42.7 Å². The second-order valence-corrected chi connectivity index (χ2v) is 10.2. The molecule has 3 aliphatic rings. The molecule has 0 aromatic heterocycles. The molecule has 0 unspecified atom stereocenters. The number of hydrogen-bond donors (Lipinski definition) is 0. The fourth-order valence-electron chi connectivity index (χ4n) is 6.08. The van der Waals surface area contributed by atoms with Crippen molar-refractivity contribution in [3.8, 4) is 39.9 Å². The van der Waals surface area contributed by atoms with E-state index in [0.29, 0.717) is 56.2 Å². The molecule has 0 radical (unpaired) electrons. The van der Waals surface area contributed by atoms with Crippen LogP contribution in [0.3, 0.4) is 0 Å². The van der Waals surface area contributed by atoms with E-state index in [0.717, 1.165) is 5.56 Å². The molecule has 0 spiro atoms. The van der Waals surface area contributed by atoms with Crippen molar-refractivity contribution in [1.29, 1.82) is 0 Å². The molecule has 3 aromatic carbocycles. The maximum Gasteiger partial charge on any atom is 0.339 e. The zero-order valence-electron chi connectivity index (χ0n) is 24.8. The lowest BCUT2D eigenvalue weighted by Crippen LogP contribution is -2.62. The molecular weight excluding hydrogens is 564 g/mol. The molecule has 0 saturated carbocycles. The van der Waals surface area contributed by atoms with Gasteiger partial charge in [0, 0.05) is 45.0 Å². The normalized spacial score (nSPS) is 24.1. The Hall–Kier alpha value is -3.81. The van der Waals surface area contributed by atoms with Crippen molar-refractivity contribution in [3.63, 3.8) is 0 Å². The number of esters is 1. The van der Waals surface area contributed by atoms with Crippen molar-refractivity contribution in [1.82, 2.24) is 0 Å². The number of rotatable bonds is 10. The molecule has 3 aromatic rings. The quantitative estimate of drug-likeness (QED) is 0.317. The highest BCUT2D eigenvalue weighted by Crippen LogP contribution is 2.50. The minimum atomic E-state index is -0.964. The van der Waals surface area contributed by atoms with Gasteiger partial charge in [0.25, 0.3) is 0 Å². The first-order chi connectivity index (χ1) is 21.0. The Labute approximate surface area is 248 Å². The molecule has 0 N–H and O–H groups in total. The second kappa shape index (κ2) is 12.1. The molecule has 1 fully saturated rings. The predicted octanol–water partition coefficient (Wildman–Crippen LogP) is 3.72. The number of carbonyl (C=O) groups excluding carboxylic acids is 1. The topological polar surface area (TPSA) is 119 Å². The van der Waals surface area contributed by atoms with E-state index in [2.05, 4.69) is 0 Å². The molecule has 12 heteroatoms. The van der Waals surface area contributed by atoms with Crippen LogP contribution in [0.25, 0.3) is 21.9 Å². The van der Waals surface area contributed by atoms with Crippen LogP contribution < -0.4 is 23.7 Å². The fourth-order valence-corrected chi connectivity index (χ4v) is 6.08. The summed E-state index contributed by atoms with van der Waals surface area (Å²) in [6, 6.07) is 9.16. The molecule has 3 aliphatic heterocycles. The molecule has 5 atom stereocenters. The molecule has 12 nitrogen and oxygen atoms in total. The number of methoxy groups -OCH3 is 6. The lowest BCUT2D eigenvalue weighted by atomic mass is 9.89. The van der Waals surface area contributed by atoms with Crippen molar-refractivity contribution in [2.75, 3.05) is 56.1 Å². The lowest BCUT2D eigenvalue weighted by Gasteiger charge is -2.44. The third-order valence-electron chi connectivity index (χ3n) is 8.05. The van der Waals surface area contributed by atoms with Gasteiger partial charge in [0.1, 0.15) is 36.8 Å². The largest absolute Gasteiger partial charge is 0.493 e. The van der Waals surface area contributed by atoms with Crippen LogP contribution in [0.2, 0.25) is 0 Å². The van der Waals surface area contributed by atoms with Crippen LogP contribution in [0.1, 0.15) is 15.9 Å². The molecule has 43 heavy (non-hydrogen) atoms. The Bertz CT molecular complexity index is 1520. The summed E-state index contributed by atoms with van der Waals surface area (Å²) in [7, 11) is 9.38. The number of hydrogen-bond acceptors (Lipinski definition) is 12. The average molecular weight is 599 g/mol. The van der Waals surface area contributed by atoms with E-state index >= 15 is 0 Å². The van der Waals surface area contributed by atoms with Crippen LogP contribution in [0.5, 0.6) is 28.7 Å². The van der Waals surface area contributed by atoms with Gasteiger partial charge in [-0.15, -0.1) is 0 Å². The molecule has 3 heterocycles. The summed E-state index contributed by atoms with van der Waals surface area (Å²) >= 11 is 0. The minimum Gasteiger partial charge on any atom is -0.493 e. The molecule has 6 rings (SSSR count). The summed E-state index contributed by atoms with van der Waals surface area (Å²) in [5, 5.41) is 1.31. The standard InChI is InChI=1S/C31H34O12/c1-33-13-23-27(36-4)28(37-5)29(38-6)31(42-23)43-26-17-11-21(35-3)20(34-2)10-16(17)24(25-18(26)12-39-30(25)32)15-7-8-19-22(9-15)41-14-40-19/h7-11,23,27-29,31H,12-14H2,1-6H3/t23-,27-,28+,29-,31+/m1/s1. The van der Waals surface area contributed by atoms with Crippen molar-refractivity contribution in [2.24, 2.45) is 0 Å². The van der Waals surface area contributed by atoms with E-state index < -0.39 is 36.7 Å². The zero-order chi connectivity index (χ0) is 30.2. The summed E-state index contributed by atoms with van der Waals surface area (Å²) in [5.74, 6) is 2.05. The second-order valence-electron chi connectivity index (χ2n) is 10.2. The minimum absolute atomic E-state index is 0.00833. The third kappa shape index (κ3) is 4.88. The number of carbonyl (C=O) groups is 1. The maximum atomic E-state index is 13.4. The Morgan fingerprint density at radius 2 is 1.47 bits per heavy atom. The highest BCUT2D eigenvalue weighted by molar-refractivity contribution is 6.14. The van der Waals surface area contributed by atoms with Crippen LogP contribution in [0.15, 0.2) is 30.3 Å². The first-order valence-corrected chi connectivity index (χ1v) is 13.7. The van der Waals surface area contributed by atoms with Gasteiger partial charge in [0.15, 0.2) is 23.0 Å². The highest BCUT2D eigenvalue weighted by Gasteiger charge is 2.49. The Balaban J connectivity index is 1.57. The number of ether oxygens (including phenoxy) is 11. The molecular formula is C31H34O12. The summed E-state index contributed by atoms with van der Waals surface area (Å²) in [5.41, 5.74) is 2.29. The molecule has 1 saturated heterocycles. The van der Waals surface area contributed by atoms with Gasteiger partial charge in [0.2, 0.25) is 13.1 Å². The number of cyclic esters (lactones) is 1. The van der Waals surface area contributed by atoms with E-state index in [4.69, 9.17) is 52.1 Å². The SMILES string of the molecule is COC[C@H]1O[C@@H](Oc2c3c(c(-c4ccc5c(c4)OCO5)c4cc(OC)c(OC)cc24)C(=O)OC3)[C@H](OC)[C@@H](OC)[C@@H]1OC. The predicted molar refractivity (Wildman–Crippen MR) is 151 cm³/mol. The van der Waals surface area contributed by atoms with Crippen LogP contribution in [0, 0.1) is 0 Å². The molecule has 230 valence electrons. The van der Waals surface area contributed by atoms with E-state index in [9.17, 15) is 4.79 Å². The van der Waals surface area contributed by atoms with E-state index in [1.807, 2.05) is 30.3 Å². The first-order valence-electron chi connectivity index (χ1n) is 13.7. The maximum absolute atomic E-state index is 13.4. The van der Waals surface area contributed by atoms with Gasteiger partial charge in [0.05, 0.1) is 26.4 Å². The zero-order valence-corrected chi connectivity index (χ0v) is 24.8. The van der Waals surface area contributed by atoms with Gasteiger partial charge >= 0.3 is 5.97 Å². The summed E-state index contributed by atoms with van der Waals surface area (Å²) in [4.78, 5) is 13.4. The van der Waals surface area contributed by atoms with Crippen LogP contribution >= 0.6 is 0 Å². The summed E-state index contributed by atoms with van der Waals surface area (Å²) in [6.45, 7) is 0.338. The average Bonchev–Trinajstić information content (AvgIpc) is 3.66. The number of fused-ring (bicyclic) bond motifs is 3. The third-order valence-corrected chi connectivity index (χ3v) is 8.05. The highest BCUT2D eigenvalue weighted by atomic mass is 16.7. The van der Waals surface area contributed by atoms with Crippen LogP contribution in [0.4, 0.5) is 0 Å². The Morgan fingerprint density at radius 3 is 2.14 bits per heavy atom. The molecule has 0 bridgehead atoms. The fraction of sp³-hybridized carbons (Fsp3) is 0.452. The van der Waals surface area contributed by atoms with E-state index in [-0.39, 0.29) is 20.0 Å². The summed E-state index contributed by atoms with van der Waals surface area (Å²) < 4.78 is 64.0. The molecule has 0 amide bonds. The van der Waals surface area contributed by atoms with Gasteiger partial charge < -0.3 is 52.1 Å². The van der Waals surface area contributed by atoms with Gasteiger partial charge in [-0.05, 0) is 35.2 Å². The summed E-state index contributed by atoms with van der Waals surface area (Å²) in [6.07, 6.45) is -3.22. The molecule has 0 aliphatic carbocycles. The van der Waals surface area contributed by atoms with Gasteiger partial charge in [-0.3, -0.25) is 0 Å². The van der Waals surface area contributed by atoms with E-state index in [1.165, 1.54) is 0 Å². The Kier molecular flexibility index (Phi) is 8.21. The monoisotopic (exact) mass is 598 g/mol. The lowest BCUT2D eigenvalue weighted by molar-refractivity contribution is -0.292. The van der Waals surface area contributed by atoms with Gasteiger partial charge in [-0.25, -0.2) is 4.79 Å². The van der Waals surface area contributed by atoms with Crippen LogP contribution in [-0.2, 0) is 35.0 Å². The first kappa shape index (κ1) is 29.3. The smallest absolute Gasteiger partial charge is 0.339 e. The van der Waals surface area contributed by atoms with Crippen molar-refractivity contribution < 1.29 is 56.9 Å². The Morgan fingerprint density at radius 1 is 0.767 bits per heavy atom. The van der Waals surface area contributed by atoms with Crippen molar-refractivity contribution in [2.45, 2.75) is 37.3 Å². The van der Waals surface area contributed by atoms with Crippen LogP contribution in [-0.4, -0.2) is 92.7 Å². The number of benzene rings is 3. The van der Waals surface area contributed by atoms with Gasteiger partial charge in [-0.2, -0.15) is 0 Å². The van der Waals surface area contributed by atoms with Crippen molar-refractivity contribution >= 4 is 16.7 Å².